The van der Waals surface area contributed by atoms with Crippen LogP contribution in [0.25, 0.3) is 0 Å². The van der Waals surface area contributed by atoms with Gasteiger partial charge in [-0.25, -0.2) is 17.5 Å². The average Bonchev–Trinajstić information content (AvgIpc) is 2.32. The molecule has 0 aromatic heterocycles. The van der Waals surface area contributed by atoms with Gasteiger partial charge in [-0.15, -0.1) is 13.2 Å². The summed E-state index contributed by atoms with van der Waals surface area (Å²) in [4.78, 5) is 8.99. The van der Waals surface area contributed by atoms with Crippen LogP contribution in [0, 0.1) is 5.82 Å². The van der Waals surface area contributed by atoms with Gasteiger partial charge in [-0.2, -0.15) is 0 Å². The number of benzene rings is 1. The van der Waals surface area contributed by atoms with Gasteiger partial charge in [0.05, 0.1) is 0 Å². The first-order valence-electron chi connectivity index (χ1n) is 5.78. The highest BCUT2D eigenvalue weighted by Gasteiger charge is 2.35. The van der Waals surface area contributed by atoms with Crippen molar-refractivity contribution in [3.05, 3.63) is 24.0 Å². The number of carboxylic acids is 1. The van der Waals surface area contributed by atoms with Gasteiger partial charge < -0.3 is 9.84 Å². The fraction of sp³-hybridized carbons (Fsp3) is 0.364. The molecule has 0 bridgehead atoms. The average molecular weight is 345 g/mol. The minimum absolute atomic E-state index is 0.113. The van der Waals surface area contributed by atoms with Crippen LogP contribution in [-0.2, 0) is 14.8 Å². The third kappa shape index (κ3) is 5.48. The fourth-order valence-electron chi connectivity index (χ4n) is 1.47. The highest BCUT2D eigenvalue weighted by atomic mass is 32.2. The lowest BCUT2D eigenvalue weighted by atomic mass is 10.3. The van der Waals surface area contributed by atoms with E-state index in [0.717, 1.165) is 6.07 Å². The topological polar surface area (TPSA) is 92.7 Å². The smallest absolute Gasteiger partial charge is 0.481 e. The predicted molar refractivity (Wildman–Crippen MR) is 65.1 cm³/mol. The van der Waals surface area contributed by atoms with Crippen molar-refractivity contribution in [2.24, 2.45) is 0 Å². The van der Waals surface area contributed by atoms with Crippen LogP contribution in [0.1, 0.15) is 12.8 Å². The van der Waals surface area contributed by atoms with Crippen LogP contribution in [-0.4, -0.2) is 32.4 Å². The SMILES string of the molecule is O=C(O)CCCNS(=O)(=O)c1c(F)cccc1OC(F)(F)F. The Bertz CT molecular complexity index is 644. The van der Waals surface area contributed by atoms with E-state index in [4.69, 9.17) is 5.11 Å². The first-order valence-corrected chi connectivity index (χ1v) is 7.27. The van der Waals surface area contributed by atoms with Crippen molar-refractivity contribution in [1.82, 2.24) is 4.72 Å². The van der Waals surface area contributed by atoms with E-state index < -0.39 is 38.8 Å². The van der Waals surface area contributed by atoms with E-state index in [9.17, 15) is 30.8 Å². The molecule has 0 saturated heterocycles. The summed E-state index contributed by atoms with van der Waals surface area (Å²) >= 11 is 0. The molecule has 0 heterocycles. The molecular weight excluding hydrogens is 334 g/mol. The molecule has 2 N–H and O–H groups in total. The van der Waals surface area contributed by atoms with Gasteiger partial charge in [-0.3, -0.25) is 4.79 Å². The number of rotatable bonds is 7. The summed E-state index contributed by atoms with van der Waals surface area (Å²) in [6.45, 7) is -0.381. The zero-order valence-corrected chi connectivity index (χ0v) is 11.7. The van der Waals surface area contributed by atoms with E-state index in [1.165, 1.54) is 0 Å². The molecule has 6 nitrogen and oxygen atoms in total. The molecular formula is C11H11F4NO5S. The lowest BCUT2D eigenvalue weighted by molar-refractivity contribution is -0.275. The summed E-state index contributed by atoms with van der Waals surface area (Å²) in [7, 11) is -4.63. The highest BCUT2D eigenvalue weighted by Crippen LogP contribution is 2.31. The second-order valence-electron chi connectivity index (χ2n) is 4.01. The van der Waals surface area contributed by atoms with Gasteiger partial charge in [-0.05, 0) is 18.6 Å². The van der Waals surface area contributed by atoms with Crippen molar-refractivity contribution in [1.29, 1.82) is 0 Å². The molecule has 0 radical (unpaired) electrons. The molecule has 0 aliphatic heterocycles. The Morgan fingerprint density at radius 1 is 1.32 bits per heavy atom. The van der Waals surface area contributed by atoms with Crippen LogP contribution in [0.4, 0.5) is 17.6 Å². The Balaban J connectivity index is 3.00. The third-order valence-electron chi connectivity index (χ3n) is 2.28. The molecule has 11 heteroatoms. The van der Waals surface area contributed by atoms with Gasteiger partial charge >= 0.3 is 12.3 Å². The maximum absolute atomic E-state index is 13.6. The molecule has 0 atom stereocenters. The Morgan fingerprint density at radius 2 is 1.95 bits per heavy atom. The molecule has 1 aromatic carbocycles. The van der Waals surface area contributed by atoms with Crippen LogP contribution in [0.2, 0.25) is 0 Å². The van der Waals surface area contributed by atoms with Crippen LogP contribution < -0.4 is 9.46 Å². The van der Waals surface area contributed by atoms with E-state index in [1.807, 2.05) is 4.72 Å². The summed E-state index contributed by atoms with van der Waals surface area (Å²) in [6.07, 6.45) is -5.66. The predicted octanol–water partition coefficient (Wildman–Crippen LogP) is 1.87. The Labute approximate surface area is 122 Å². The van der Waals surface area contributed by atoms with Gasteiger partial charge in [-0.1, -0.05) is 6.07 Å². The van der Waals surface area contributed by atoms with Crippen molar-refractivity contribution in [3.8, 4) is 5.75 Å². The molecule has 0 aliphatic rings. The third-order valence-corrected chi connectivity index (χ3v) is 3.80. The molecule has 0 amide bonds. The quantitative estimate of drug-likeness (QED) is 0.581. The zero-order chi connectivity index (χ0) is 17.0. The number of hydrogen-bond donors (Lipinski definition) is 2. The van der Waals surface area contributed by atoms with Crippen LogP contribution >= 0.6 is 0 Å². The molecule has 0 aliphatic carbocycles. The number of aliphatic carboxylic acids is 1. The summed E-state index contributed by atoms with van der Waals surface area (Å²) in [5.41, 5.74) is 0. The summed E-state index contributed by atoms with van der Waals surface area (Å²) in [6, 6.07) is 2.18. The van der Waals surface area contributed by atoms with E-state index in [0.29, 0.717) is 12.1 Å². The molecule has 1 aromatic rings. The van der Waals surface area contributed by atoms with E-state index in [1.54, 1.807) is 0 Å². The largest absolute Gasteiger partial charge is 0.573 e. The Kier molecular flexibility index (Phi) is 5.72. The normalized spacial score (nSPS) is 12.2. The van der Waals surface area contributed by atoms with Crippen molar-refractivity contribution in [3.63, 3.8) is 0 Å². The number of halogens is 4. The number of nitrogens with one attached hydrogen (secondary N) is 1. The first kappa shape index (κ1) is 18.2. The second kappa shape index (κ2) is 6.92. The molecule has 22 heavy (non-hydrogen) atoms. The molecule has 0 spiro atoms. The van der Waals surface area contributed by atoms with Gasteiger partial charge in [0.1, 0.15) is 5.82 Å². The molecule has 1 rings (SSSR count). The number of hydrogen-bond acceptors (Lipinski definition) is 4. The molecule has 0 fully saturated rings. The lowest BCUT2D eigenvalue weighted by Crippen LogP contribution is -2.28. The minimum atomic E-state index is -5.19. The maximum atomic E-state index is 13.6. The van der Waals surface area contributed by atoms with E-state index >= 15 is 0 Å². The minimum Gasteiger partial charge on any atom is -0.481 e. The monoisotopic (exact) mass is 345 g/mol. The highest BCUT2D eigenvalue weighted by molar-refractivity contribution is 7.89. The number of carbonyl (C=O) groups is 1. The fourth-order valence-corrected chi connectivity index (χ4v) is 2.73. The van der Waals surface area contributed by atoms with E-state index in [2.05, 4.69) is 4.74 Å². The summed E-state index contributed by atoms with van der Waals surface area (Å²) in [5.74, 6) is -3.81. The summed E-state index contributed by atoms with van der Waals surface area (Å²) in [5, 5.41) is 8.39. The first-order chi connectivity index (χ1) is 10.0. The van der Waals surface area contributed by atoms with Crippen molar-refractivity contribution >= 4 is 16.0 Å². The lowest BCUT2D eigenvalue weighted by Gasteiger charge is -2.14. The molecule has 0 saturated carbocycles. The van der Waals surface area contributed by atoms with Gasteiger partial charge in [0.15, 0.2) is 10.6 Å². The number of alkyl halides is 3. The number of ether oxygens (including phenoxy) is 1. The number of carboxylic acid groups (broad SMARTS) is 1. The van der Waals surface area contributed by atoms with Crippen LogP contribution in [0.15, 0.2) is 23.1 Å². The van der Waals surface area contributed by atoms with Crippen molar-refractivity contribution in [2.45, 2.75) is 24.1 Å². The molecule has 124 valence electrons. The van der Waals surface area contributed by atoms with Gasteiger partial charge in [0.2, 0.25) is 10.0 Å². The number of sulfonamides is 1. The standard InChI is InChI=1S/C11H11F4NO5S/c12-7-3-1-4-8(21-11(13,14)15)10(7)22(19,20)16-6-2-5-9(17)18/h1,3-4,16H,2,5-6H2,(H,17,18). The summed E-state index contributed by atoms with van der Waals surface area (Å²) < 4.78 is 79.3. The van der Waals surface area contributed by atoms with E-state index in [-0.39, 0.29) is 19.4 Å². The zero-order valence-electron chi connectivity index (χ0n) is 10.9. The van der Waals surface area contributed by atoms with Gasteiger partial charge in [0, 0.05) is 13.0 Å². The Hall–Kier alpha value is -1.88. The Morgan fingerprint density at radius 3 is 2.50 bits per heavy atom. The van der Waals surface area contributed by atoms with Gasteiger partial charge in [0.25, 0.3) is 0 Å². The van der Waals surface area contributed by atoms with Crippen LogP contribution in [0.5, 0.6) is 5.75 Å². The van der Waals surface area contributed by atoms with Crippen molar-refractivity contribution in [2.75, 3.05) is 6.54 Å². The maximum Gasteiger partial charge on any atom is 0.573 e. The van der Waals surface area contributed by atoms with Crippen molar-refractivity contribution < 1.29 is 40.6 Å². The molecule has 0 unspecified atom stereocenters. The van der Waals surface area contributed by atoms with Crippen LogP contribution in [0.3, 0.4) is 0 Å². The second-order valence-corrected chi connectivity index (χ2v) is 5.71.